The lowest BCUT2D eigenvalue weighted by molar-refractivity contribution is 0.601. The zero-order chi connectivity index (χ0) is 14.6. The van der Waals surface area contributed by atoms with E-state index in [9.17, 15) is 8.42 Å². The van der Waals surface area contributed by atoms with Crippen LogP contribution in [0.2, 0.25) is 0 Å². The molecule has 104 valence electrons. The van der Waals surface area contributed by atoms with Gasteiger partial charge in [-0.2, -0.15) is 0 Å². The van der Waals surface area contributed by atoms with E-state index in [1.165, 1.54) is 12.3 Å². The van der Waals surface area contributed by atoms with Gasteiger partial charge >= 0.3 is 0 Å². The van der Waals surface area contributed by atoms with Crippen LogP contribution in [-0.4, -0.2) is 24.5 Å². The van der Waals surface area contributed by atoms with Gasteiger partial charge in [0.15, 0.2) is 0 Å². The van der Waals surface area contributed by atoms with Crippen LogP contribution in [0.15, 0.2) is 29.3 Å². The van der Waals surface area contributed by atoms with Gasteiger partial charge in [0.1, 0.15) is 9.90 Å². The lowest BCUT2D eigenvalue weighted by Crippen LogP contribution is -2.13. The van der Waals surface area contributed by atoms with Crippen LogP contribution in [0, 0.1) is 18.8 Å². The third kappa shape index (κ3) is 3.33. The maximum atomic E-state index is 12.3. The first kappa shape index (κ1) is 14.5. The summed E-state index contributed by atoms with van der Waals surface area (Å²) in [4.78, 5) is 0.109. The van der Waals surface area contributed by atoms with Gasteiger partial charge in [0.2, 0.25) is 0 Å². The van der Waals surface area contributed by atoms with Crippen LogP contribution in [0.5, 0.6) is 0 Å². The molecule has 3 N–H and O–H groups in total. The van der Waals surface area contributed by atoms with Gasteiger partial charge in [-0.1, -0.05) is 22.4 Å². The number of rotatable bonds is 3. The van der Waals surface area contributed by atoms with Gasteiger partial charge in [0.05, 0.1) is 12.7 Å². The van der Waals surface area contributed by atoms with Crippen LogP contribution in [0.3, 0.4) is 0 Å². The second-order valence-corrected chi connectivity index (χ2v) is 6.33. The minimum Gasteiger partial charge on any atom is -0.320 e. The summed E-state index contributed by atoms with van der Waals surface area (Å²) in [6, 6.07) is 4.95. The molecule has 8 heteroatoms. The van der Waals surface area contributed by atoms with Crippen molar-refractivity contribution in [3.05, 3.63) is 35.5 Å². The fourth-order valence-electron chi connectivity index (χ4n) is 1.52. The Morgan fingerprint density at radius 3 is 2.90 bits per heavy atom. The quantitative estimate of drug-likeness (QED) is 0.823. The number of aryl methyl sites for hydroxylation is 1. The minimum absolute atomic E-state index is 0.109. The van der Waals surface area contributed by atoms with Crippen LogP contribution in [0.1, 0.15) is 11.1 Å². The molecule has 0 atom stereocenters. The number of aromatic nitrogens is 2. The second-order valence-electron chi connectivity index (χ2n) is 3.89. The molecule has 0 aliphatic heterocycles. The SMILES string of the molecule is Cc1ccc(S(=O)(=O)Nc2cnns2)c(C#CCN)c1. The van der Waals surface area contributed by atoms with Crippen molar-refractivity contribution in [2.24, 2.45) is 5.73 Å². The molecule has 0 unspecified atom stereocenters. The molecule has 1 heterocycles. The van der Waals surface area contributed by atoms with E-state index in [0.717, 1.165) is 17.1 Å². The van der Waals surface area contributed by atoms with E-state index >= 15 is 0 Å². The Bertz CT molecular complexity index is 758. The Morgan fingerprint density at radius 2 is 2.25 bits per heavy atom. The van der Waals surface area contributed by atoms with Gasteiger partial charge in [-0.25, -0.2) is 8.42 Å². The number of nitrogens with two attached hydrogens (primary N) is 1. The minimum atomic E-state index is -3.72. The van der Waals surface area contributed by atoms with Crippen molar-refractivity contribution < 1.29 is 8.42 Å². The van der Waals surface area contributed by atoms with Crippen molar-refractivity contribution in [2.45, 2.75) is 11.8 Å². The number of sulfonamides is 1. The maximum absolute atomic E-state index is 12.3. The summed E-state index contributed by atoms with van der Waals surface area (Å²) >= 11 is 0.964. The van der Waals surface area contributed by atoms with Crippen LogP contribution >= 0.6 is 11.5 Å². The summed E-state index contributed by atoms with van der Waals surface area (Å²) in [7, 11) is -3.72. The third-order valence-electron chi connectivity index (χ3n) is 2.35. The molecule has 6 nitrogen and oxygen atoms in total. The van der Waals surface area contributed by atoms with Crippen LogP contribution < -0.4 is 10.5 Å². The number of hydrogen-bond donors (Lipinski definition) is 2. The lowest BCUT2D eigenvalue weighted by Gasteiger charge is -2.08. The fraction of sp³-hybridized carbons (Fsp3) is 0.167. The molecule has 0 saturated heterocycles. The summed E-state index contributed by atoms with van der Waals surface area (Å²) in [6.07, 6.45) is 1.35. The van der Waals surface area contributed by atoms with Crippen LogP contribution in [-0.2, 0) is 10.0 Å². The van der Waals surface area contributed by atoms with Gasteiger partial charge in [-0.15, -0.1) is 5.10 Å². The summed E-state index contributed by atoms with van der Waals surface area (Å²) in [5.41, 5.74) is 6.67. The van der Waals surface area contributed by atoms with E-state index in [-0.39, 0.29) is 11.4 Å². The molecule has 0 saturated carbocycles. The summed E-state index contributed by atoms with van der Waals surface area (Å²) < 4.78 is 30.7. The highest BCUT2D eigenvalue weighted by Crippen LogP contribution is 2.21. The fourth-order valence-corrected chi connectivity index (χ4v) is 3.35. The third-order valence-corrected chi connectivity index (χ3v) is 4.48. The summed E-state index contributed by atoms with van der Waals surface area (Å²) in [5.74, 6) is 5.44. The lowest BCUT2D eigenvalue weighted by atomic mass is 10.1. The predicted octanol–water partition coefficient (Wildman–Crippen LogP) is 0.958. The second kappa shape index (κ2) is 6.00. The zero-order valence-electron chi connectivity index (χ0n) is 10.6. The topological polar surface area (TPSA) is 98.0 Å². The molecule has 1 aromatic heterocycles. The molecule has 0 amide bonds. The number of nitrogens with zero attached hydrogens (tertiary/aromatic N) is 2. The molecule has 0 spiro atoms. The van der Waals surface area contributed by atoms with E-state index in [4.69, 9.17) is 5.73 Å². The summed E-state index contributed by atoms with van der Waals surface area (Å²) in [6.45, 7) is 2.03. The molecule has 20 heavy (non-hydrogen) atoms. The average molecular weight is 308 g/mol. The van der Waals surface area contributed by atoms with Gasteiger partial charge in [0, 0.05) is 17.1 Å². The Morgan fingerprint density at radius 1 is 1.45 bits per heavy atom. The van der Waals surface area contributed by atoms with E-state index in [1.807, 2.05) is 6.92 Å². The molecule has 0 aliphatic carbocycles. The van der Waals surface area contributed by atoms with Crippen LogP contribution in [0.4, 0.5) is 5.00 Å². The van der Waals surface area contributed by atoms with Crippen molar-refractivity contribution in [3.63, 3.8) is 0 Å². The number of benzene rings is 1. The van der Waals surface area contributed by atoms with E-state index < -0.39 is 10.0 Å². The molecular weight excluding hydrogens is 296 g/mol. The van der Waals surface area contributed by atoms with Crippen molar-refractivity contribution in [1.82, 2.24) is 9.59 Å². The van der Waals surface area contributed by atoms with Gasteiger partial charge < -0.3 is 5.73 Å². The molecule has 0 radical (unpaired) electrons. The Kier molecular flexibility index (Phi) is 4.34. The first-order valence-electron chi connectivity index (χ1n) is 5.62. The molecule has 0 fully saturated rings. The van der Waals surface area contributed by atoms with E-state index in [2.05, 4.69) is 26.1 Å². The number of hydrogen-bond acceptors (Lipinski definition) is 6. The Balaban J connectivity index is 2.45. The van der Waals surface area contributed by atoms with Gasteiger partial charge in [-0.3, -0.25) is 4.72 Å². The molecule has 0 bridgehead atoms. The standard InChI is InChI=1S/C12H12N4O2S2/c1-9-4-5-11(10(7-9)3-2-6-13)20(17,18)15-12-8-14-16-19-12/h4-5,7-8,15H,6,13H2,1H3. The largest absolute Gasteiger partial charge is 0.320 e. The molecule has 1 aromatic carbocycles. The Hall–Kier alpha value is -1.95. The first-order valence-corrected chi connectivity index (χ1v) is 7.88. The van der Waals surface area contributed by atoms with Crippen molar-refractivity contribution in [1.29, 1.82) is 0 Å². The molecule has 0 aliphatic rings. The normalized spacial score (nSPS) is 10.7. The average Bonchev–Trinajstić information content (AvgIpc) is 2.88. The zero-order valence-corrected chi connectivity index (χ0v) is 12.3. The molecular formula is C12H12N4O2S2. The highest BCUT2D eigenvalue weighted by atomic mass is 32.2. The molecule has 2 rings (SSSR count). The van der Waals surface area contributed by atoms with E-state index in [0.29, 0.717) is 10.6 Å². The van der Waals surface area contributed by atoms with Crippen molar-refractivity contribution in [2.75, 3.05) is 11.3 Å². The number of nitrogens with one attached hydrogen (secondary N) is 1. The van der Waals surface area contributed by atoms with Crippen LogP contribution in [0.25, 0.3) is 0 Å². The molecule has 2 aromatic rings. The monoisotopic (exact) mass is 308 g/mol. The van der Waals surface area contributed by atoms with Gasteiger partial charge in [-0.05, 0) is 24.6 Å². The first-order chi connectivity index (χ1) is 9.53. The van der Waals surface area contributed by atoms with Crippen molar-refractivity contribution in [3.8, 4) is 11.8 Å². The van der Waals surface area contributed by atoms with E-state index in [1.54, 1.807) is 12.1 Å². The highest BCUT2D eigenvalue weighted by Gasteiger charge is 2.19. The highest BCUT2D eigenvalue weighted by molar-refractivity contribution is 7.93. The Labute approximate surface area is 121 Å². The number of anilines is 1. The van der Waals surface area contributed by atoms with Crippen molar-refractivity contribution >= 4 is 26.6 Å². The smallest absolute Gasteiger partial charge is 0.263 e. The predicted molar refractivity (Wildman–Crippen MR) is 77.8 cm³/mol. The van der Waals surface area contributed by atoms with Gasteiger partial charge in [0.25, 0.3) is 10.0 Å². The maximum Gasteiger partial charge on any atom is 0.263 e. The summed E-state index contributed by atoms with van der Waals surface area (Å²) in [5, 5.41) is 3.93.